The summed E-state index contributed by atoms with van der Waals surface area (Å²) in [6, 6.07) is 9.23. The number of aliphatic hydroxyl groups excluding tert-OH is 1. The van der Waals surface area contributed by atoms with E-state index in [1.54, 1.807) is 12.1 Å². The molecule has 3 saturated carbocycles. The van der Waals surface area contributed by atoms with Crippen LogP contribution in [0.25, 0.3) is 0 Å². The maximum atomic E-state index is 13.8. The maximum absolute atomic E-state index is 13.8. The number of hydrogen-bond donors (Lipinski definition) is 1. The van der Waals surface area contributed by atoms with E-state index in [-0.39, 0.29) is 44.7 Å². The third-order valence-electron chi connectivity index (χ3n) is 13.6. The van der Waals surface area contributed by atoms with Crippen LogP contribution in [0.4, 0.5) is 0 Å². The van der Waals surface area contributed by atoms with Gasteiger partial charge in [0.05, 0.1) is 11.3 Å². The Morgan fingerprint density at radius 2 is 1.66 bits per heavy atom. The molecule has 0 unspecified atom stereocenters. The van der Waals surface area contributed by atoms with E-state index in [9.17, 15) is 14.7 Å². The van der Waals surface area contributed by atoms with E-state index in [1.165, 1.54) is 5.57 Å². The standard InChI is InChI=1S/C37H50O4/c1-23(2)30-26(38)21-37(22-41-32(40)24-11-9-8-10-12-24)20-19-35(6)25(31(30)37)13-14-28-34(5)17-16-29(39)33(3,4)27(34)15-18-36(28,35)7/h8-12,16,23,25,27-28,39H,13-15,17-22H2,1-7H3/t25-,27+,28-,34+,35-,36-,37+/m1/s1. The number of carbonyl (C=O) groups is 2. The van der Waals surface area contributed by atoms with Crippen LogP contribution in [0.15, 0.2) is 53.3 Å². The van der Waals surface area contributed by atoms with Crippen LogP contribution in [0.1, 0.15) is 110 Å². The lowest BCUT2D eigenvalue weighted by Crippen LogP contribution is -2.64. The van der Waals surface area contributed by atoms with Crippen LogP contribution in [-0.4, -0.2) is 23.5 Å². The van der Waals surface area contributed by atoms with E-state index in [2.05, 4.69) is 54.5 Å². The molecule has 3 fully saturated rings. The third kappa shape index (κ3) is 3.84. The normalized spacial score (nSPS) is 41.2. The third-order valence-corrected chi connectivity index (χ3v) is 13.6. The van der Waals surface area contributed by atoms with Gasteiger partial charge in [-0.25, -0.2) is 4.79 Å². The Morgan fingerprint density at radius 1 is 0.951 bits per heavy atom. The highest BCUT2D eigenvalue weighted by Gasteiger charge is 2.69. The number of fused-ring (bicyclic) bond motifs is 7. The van der Waals surface area contributed by atoms with Gasteiger partial charge in [0.2, 0.25) is 0 Å². The first-order valence-electron chi connectivity index (χ1n) is 16.1. The minimum atomic E-state index is -0.378. The molecule has 0 aliphatic heterocycles. The molecule has 0 saturated heterocycles. The van der Waals surface area contributed by atoms with Gasteiger partial charge in [-0.3, -0.25) is 4.79 Å². The van der Waals surface area contributed by atoms with Crippen LogP contribution in [0.2, 0.25) is 0 Å². The van der Waals surface area contributed by atoms with Gasteiger partial charge in [0.15, 0.2) is 5.78 Å². The number of Topliss-reactive ketones (excluding diaryl/α,β-unsaturated/α-hetero) is 1. The van der Waals surface area contributed by atoms with Crippen molar-refractivity contribution in [3.05, 3.63) is 58.9 Å². The molecule has 41 heavy (non-hydrogen) atoms. The lowest BCUT2D eigenvalue weighted by Gasteiger charge is -2.71. The van der Waals surface area contributed by atoms with Crippen molar-refractivity contribution in [2.45, 2.75) is 99.8 Å². The number of carbonyl (C=O) groups excluding carboxylic acids is 2. The van der Waals surface area contributed by atoms with E-state index < -0.39 is 0 Å². The lowest BCUT2D eigenvalue weighted by molar-refractivity contribution is -0.203. The molecule has 1 aromatic rings. The van der Waals surface area contributed by atoms with Gasteiger partial charge in [-0.2, -0.15) is 0 Å². The Labute approximate surface area is 247 Å². The second kappa shape index (κ2) is 9.32. The number of ketones is 1. The molecule has 0 amide bonds. The summed E-state index contributed by atoms with van der Waals surface area (Å²) in [4.78, 5) is 26.8. The second-order valence-corrected chi connectivity index (χ2v) is 15.9. The number of benzene rings is 1. The zero-order valence-corrected chi connectivity index (χ0v) is 26.3. The molecule has 6 rings (SSSR count). The molecule has 1 aromatic carbocycles. The van der Waals surface area contributed by atoms with Gasteiger partial charge in [0.25, 0.3) is 0 Å². The van der Waals surface area contributed by atoms with Crippen molar-refractivity contribution in [1.29, 1.82) is 0 Å². The van der Waals surface area contributed by atoms with Crippen molar-refractivity contribution < 1.29 is 19.4 Å². The highest BCUT2D eigenvalue weighted by atomic mass is 16.5. The molecule has 222 valence electrons. The monoisotopic (exact) mass is 558 g/mol. The molecular formula is C37H50O4. The summed E-state index contributed by atoms with van der Waals surface area (Å²) in [5, 5.41) is 10.9. The summed E-state index contributed by atoms with van der Waals surface area (Å²) in [5.41, 5.74) is 2.74. The minimum Gasteiger partial charge on any atom is -0.512 e. The SMILES string of the molecule is CC(C)C1=C2[C@H]3CC[C@@H]4[C@@]5(C)CC=C(O)C(C)(C)[C@@H]5CC[C@@]4(C)[C@]3(C)CC[C@@]2(COC(=O)c2ccccc2)CC1=O. The van der Waals surface area contributed by atoms with Crippen LogP contribution in [0.3, 0.4) is 0 Å². The first-order valence-corrected chi connectivity index (χ1v) is 16.1. The number of ether oxygens (including phenoxy) is 1. The number of allylic oxidation sites excluding steroid dienone is 3. The zero-order valence-electron chi connectivity index (χ0n) is 26.3. The Morgan fingerprint density at radius 3 is 2.34 bits per heavy atom. The van der Waals surface area contributed by atoms with Crippen LogP contribution in [0, 0.1) is 50.7 Å². The fourth-order valence-electron chi connectivity index (χ4n) is 11.4. The van der Waals surface area contributed by atoms with E-state index in [1.807, 2.05) is 18.2 Å². The smallest absolute Gasteiger partial charge is 0.338 e. The Hall–Kier alpha value is -2.36. The molecule has 0 radical (unpaired) electrons. The molecule has 5 aliphatic rings. The first kappa shape index (κ1) is 28.7. The first-order chi connectivity index (χ1) is 19.2. The Bertz CT molecular complexity index is 1320. The highest BCUT2D eigenvalue weighted by Crippen LogP contribution is 2.76. The predicted octanol–water partition coefficient (Wildman–Crippen LogP) is 8.88. The van der Waals surface area contributed by atoms with E-state index >= 15 is 0 Å². The largest absolute Gasteiger partial charge is 0.512 e. The molecule has 0 heterocycles. The average molecular weight is 559 g/mol. The van der Waals surface area contributed by atoms with E-state index in [0.717, 1.165) is 50.5 Å². The molecular weight excluding hydrogens is 508 g/mol. The van der Waals surface area contributed by atoms with Gasteiger partial charge < -0.3 is 9.84 Å². The quantitative estimate of drug-likeness (QED) is 0.375. The lowest BCUT2D eigenvalue weighted by atomic mass is 9.33. The van der Waals surface area contributed by atoms with Crippen molar-refractivity contribution in [3.63, 3.8) is 0 Å². The summed E-state index contributed by atoms with van der Waals surface area (Å²) in [5.74, 6) is 2.09. The summed E-state index contributed by atoms with van der Waals surface area (Å²) in [7, 11) is 0. The molecule has 0 spiro atoms. The van der Waals surface area contributed by atoms with Gasteiger partial charge in [0.1, 0.15) is 6.61 Å². The molecule has 7 atom stereocenters. The molecule has 4 nitrogen and oxygen atoms in total. The second-order valence-electron chi connectivity index (χ2n) is 15.9. The summed E-state index contributed by atoms with van der Waals surface area (Å²) >= 11 is 0. The number of rotatable bonds is 4. The van der Waals surface area contributed by atoms with Crippen molar-refractivity contribution in [3.8, 4) is 0 Å². The average Bonchev–Trinajstić information content (AvgIpc) is 3.23. The summed E-state index contributed by atoms with van der Waals surface area (Å²) in [6.07, 6.45) is 10.0. The molecule has 1 N–H and O–H groups in total. The van der Waals surface area contributed by atoms with Gasteiger partial charge in [0, 0.05) is 17.3 Å². The van der Waals surface area contributed by atoms with Crippen LogP contribution in [0.5, 0.6) is 0 Å². The van der Waals surface area contributed by atoms with Crippen molar-refractivity contribution in [2.75, 3.05) is 6.61 Å². The van der Waals surface area contributed by atoms with Gasteiger partial charge in [-0.15, -0.1) is 0 Å². The zero-order chi connectivity index (χ0) is 29.6. The van der Waals surface area contributed by atoms with Gasteiger partial charge in [-0.05, 0) is 114 Å². The van der Waals surface area contributed by atoms with Crippen LogP contribution < -0.4 is 0 Å². The van der Waals surface area contributed by atoms with Crippen molar-refractivity contribution in [1.82, 2.24) is 0 Å². The fourth-order valence-corrected chi connectivity index (χ4v) is 11.4. The summed E-state index contributed by atoms with van der Waals surface area (Å²) in [6.45, 7) is 16.7. The predicted molar refractivity (Wildman–Crippen MR) is 162 cm³/mol. The van der Waals surface area contributed by atoms with E-state index in [4.69, 9.17) is 4.74 Å². The minimum absolute atomic E-state index is 0.0737. The van der Waals surface area contributed by atoms with Crippen LogP contribution >= 0.6 is 0 Å². The topological polar surface area (TPSA) is 63.6 Å². The fraction of sp³-hybridized carbons (Fsp3) is 0.676. The van der Waals surface area contributed by atoms with Crippen molar-refractivity contribution >= 4 is 11.8 Å². The van der Waals surface area contributed by atoms with Gasteiger partial charge >= 0.3 is 5.97 Å². The maximum Gasteiger partial charge on any atom is 0.338 e. The molecule has 5 aliphatic carbocycles. The van der Waals surface area contributed by atoms with E-state index in [0.29, 0.717) is 42.1 Å². The Kier molecular flexibility index (Phi) is 6.53. The molecule has 0 bridgehead atoms. The highest BCUT2D eigenvalue weighted by molar-refractivity contribution is 6.00. The van der Waals surface area contributed by atoms with Crippen molar-refractivity contribution in [2.24, 2.45) is 50.7 Å². The molecule has 4 heteroatoms. The summed E-state index contributed by atoms with van der Waals surface area (Å²) < 4.78 is 6.06. The Balaban J connectivity index is 1.38. The number of hydrogen-bond acceptors (Lipinski definition) is 4. The number of esters is 1. The van der Waals surface area contributed by atoms with Gasteiger partial charge in [-0.1, -0.05) is 66.7 Å². The molecule has 0 aromatic heterocycles. The number of aliphatic hydroxyl groups is 1. The van der Waals surface area contributed by atoms with Crippen LogP contribution in [-0.2, 0) is 9.53 Å².